The molecular formula is C13H18ClN3O3. The van der Waals surface area contributed by atoms with Crippen LogP contribution < -0.4 is 5.32 Å². The van der Waals surface area contributed by atoms with Crippen LogP contribution in [0.4, 0.5) is 4.79 Å². The fraction of sp³-hybridized carbons (Fsp3) is 0.538. The van der Waals surface area contributed by atoms with Gasteiger partial charge in [-0.1, -0.05) is 18.5 Å². The van der Waals surface area contributed by atoms with Crippen molar-refractivity contribution in [3.63, 3.8) is 0 Å². The molecule has 1 aliphatic rings. The number of aromatic nitrogens is 1. The topological polar surface area (TPSA) is 85.4 Å². The van der Waals surface area contributed by atoms with Crippen LogP contribution >= 0.6 is 11.6 Å². The SMILES string of the molecule is Cc1[nH]c(C(=O)N[C@@H]2CCN(C(=O)O)C[C@@H]2C)cc1Cl. The highest BCUT2D eigenvalue weighted by Gasteiger charge is 2.29. The Balaban J connectivity index is 1.97. The first-order chi connectivity index (χ1) is 9.38. The van der Waals surface area contributed by atoms with E-state index in [2.05, 4.69) is 10.3 Å². The van der Waals surface area contributed by atoms with E-state index in [4.69, 9.17) is 16.7 Å². The number of aryl methyl sites for hydroxylation is 1. The summed E-state index contributed by atoms with van der Waals surface area (Å²) in [6, 6.07) is 1.57. The second-order valence-corrected chi connectivity index (χ2v) is 5.64. The molecule has 3 N–H and O–H groups in total. The number of piperidine rings is 1. The summed E-state index contributed by atoms with van der Waals surface area (Å²) in [6.45, 7) is 4.61. The summed E-state index contributed by atoms with van der Waals surface area (Å²) in [7, 11) is 0. The van der Waals surface area contributed by atoms with E-state index in [0.717, 1.165) is 5.69 Å². The molecule has 0 aromatic carbocycles. The number of aromatic amines is 1. The fourth-order valence-corrected chi connectivity index (χ4v) is 2.59. The Kier molecular flexibility index (Phi) is 4.23. The average molecular weight is 300 g/mol. The third kappa shape index (κ3) is 3.07. The number of carbonyl (C=O) groups is 2. The maximum atomic E-state index is 12.1. The number of rotatable bonds is 2. The Morgan fingerprint density at radius 2 is 2.25 bits per heavy atom. The molecule has 6 nitrogen and oxygen atoms in total. The third-order valence-corrected chi connectivity index (χ3v) is 4.08. The van der Waals surface area contributed by atoms with Gasteiger partial charge in [0, 0.05) is 24.8 Å². The maximum absolute atomic E-state index is 12.1. The quantitative estimate of drug-likeness (QED) is 0.781. The highest BCUT2D eigenvalue weighted by Crippen LogP contribution is 2.19. The number of nitrogens with one attached hydrogen (secondary N) is 2. The zero-order valence-corrected chi connectivity index (χ0v) is 12.2. The van der Waals surface area contributed by atoms with E-state index >= 15 is 0 Å². The molecule has 0 unspecified atom stereocenters. The van der Waals surface area contributed by atoms with Gasteiger partial charge in [0.2, 0.25) is 0 Å². The minimum absolute atomic E-state index is 0.0273. The molecule has 0 saturated carbocycles. The molecular weight excluding hydrogens is 282 g/mol. The summed E-state index contributed by atoms with van der Waals surface area (Å²) >= 11 is 5.92. The van der Waals surface area contributed by atoms with Gasteiger partial charge in [0.25, 0.3) is 5.91 Å². The van der Waals surface area contributed by atoms with Crippen molar-refractivity contribution in [1.29, 1.82) is 0 Å². The van der Waals surface area contributed by atoms with Gasteiger partial charge >= 0.3 is 6.09 Å². The van der Waals surface area contributed by atoms with Gasteiger partial charge in [-0.05, 0) is 25.3 Å². The molecule has 0 bridgehead atoms. The lowest BCUT2D eigenvalue weighted by molar-refractivity contribution is 0.0849. The predicted octanol–water partition coefficient (Wildman–Crippen LogP) is 2.09. The van der Waals surface area contributed by atoms with Crippen molar-refractivity contribution in [2.45, 2.75) is 26.3 Å². The Labute approximate surface area is 122 Å². The molecule has 2 amide bonds. The van der Waals surface area contributed by atoms with Crippen molar-refractivity contribution in [2.24, 2.45) is 5.92 Å². The third-order valence-electron chi connectivity index (χ3n) is 3.69. The molecule has 1 fully saturated rings. The molecule has 1 aromatic rings. The summed E-state index contributed by atoms with van der Waals surface area (Å²) in [5.74, 6) is -0.129. The number of carbonyl (C=O) groups excluding carboxylic acids is 1. The number of amides is 2. The van der Waals surface area contributed by atoms with Gasteiger partial charge in [-0.3, -0.25) is 4.79 Å². The van der Waals surface area contributed by atoms with Crippen LogP contribution in [0.25, 0.3) is 0 Å². The van der Waals surface area contributed by atoms with Gasteiger partial charge in [0.05, 0.1) is 5.02 Å². The first-order valence-corrected chi connectivity index (χ1v) is 6.90. The van der Waals surface area contributed by atoms with Crippen LogP contribution in [-0.2, 0) is 0 Å². The molecule has 1 saturated heterocycles. The molecule has 1 aliphatic heterocycles. The van der Waals surface area contributed by atoms with Gasteiger partial charge in [-0.2, -0.15) is 0 Å². The minimum atomic E-state index is -0.909. The summed E-state index contributed by atoms with van der Waals surface area (Å²) in [5, 5.41) is 12.4. The molecule has 7 heteroatoms. The van der Waals surface area contributed by atoms with E-state index in [-0.39, 0.29) is 17.9 Å². The Hall–Kier alpha value is -1.69. The first-order valence-electron chi connectivity index (χ1n) is 6.52. The van der Waals surface area contributed by atoms with Gasteiger partial charge in [-0.25, -0.2) is 4.79 Å². The van der Waals surface area contributed by atoms with Gasteiger partial charge in [0.15, 0.2) is 0 Å². The maximum Gasteiger partial charge on any atom is 0.407 e. The van der Waals surface area contributed by atoms with Crippen LogP contribution in [0.15, 0.2) is 6.07 Å². The molecule has 1 aromatic heterocycles. The number of H-pyrrole nitrogens is 1. The van der Waals surface area contributed by atoms with E-state index in [9.17, 15) is 9.59 Å². The molecule has 0 spiro atoms. The Morgan fingerprint density at radius 3 is 2.75 bits per heavy atom. The van der Waals surface area contributed by atoms with Crippen molar-refractivity contribution in [2.75, 3.05) is 13.1 Å². The van der Waals surface area contributed by atoms with Gasteiger partial charge in [-0.15, -0.1) is 0 Å². The molecule has 20 heavy (non-hydrogen) atoms. The van der Waals surface area contributed by atoms with Gasteiger partial charge in [0.1, 0.15) is 5.69 Å². The van der Waals surface area contributed by atoms with Crippen LogP contribution in [0.2, 0.25) is 5.02 Å². The number of carboxylic acid groups (broad SMARTS) is 1. The normalized spacial score (nSPS) is 22.6. The monoisotopic (exact) mass is 299 g/mol. The summed E-state index contributed by atoms with van der Waals surface area (Å²) < 4.78 is 0. The van der Waals surface area contributed by atoms with Gasteiger partial charge < -0.3 is 20.3 Å². The molecule has 110 valence electrons. The van der Waals surface area contributed by atoms with Crippen molar-refractivity contribution in [3.05, 3.63) is 22.5 Å². The largest absolute Gasteiger partial charge is 0.465 e. The molecule has 2 rings (SSSR count). The molecule has 0 radical (unpaired) electrons. The minimum Gasteiger partial charge on any atom is -0.465 e. The number of hydrogen-bond acceptors (Lipinski definition) is 2. The van der Waals surface area contributed by atoms with Crippen LogP contribution in [0, 0.1) is 12.8 Å². The second-order valence-electron chi connectivity index (χ2n) is 5.23. The number of likely N-dealkylation sites (tertiary alicyclic amines) is 1. The number of hydrogen-bond donors (Lipinski definition) is 3. The lowest BCUT2D eigenvalue weighted by Crippen LogP contribution is -2.51. The highest BCUT2D eigenvalue weighted by atomic mass is 35.5. The summed E-state index contributed by atoms with van der Waals surface area (Å²) in [5.41, 5.74) is 1.19. The summed E-state index contributed by atoms with van der Waals surface area (Å²) in [4.78, 5) is 27.3. The number of halogens is 1. The second kappa shape index (κ2) is 5.75. The molecule has 2 atom stereocenters. The van der Waals surface area contributed by atoms with E-state index < -0.39 is 6.09 Å². The smallest absolute Gasteiger partial charge is 0.407 e. The fourth-order valence-electron chi connectivity index (χ4n) is 2.43. The molecule has 2 heterocycles. The molecule has 0 aliphatic carbocycles. The summed E-state index contributed by atoms with van der Waals surface area (Å²) in [6.07, 6.45) is -0.291. The van der Waals surface area contributed by atoms with Crippen LogP contribution in [-0.4, -0.2) is 46.1 Å². The van der Waals surface area contributed by atoms with E-state index in [1.165, 1.54) is 4.90 Å². The van der Waals surface area contributed by atoms with Crippen molar-refractivity contribution in [3.8, 4) is 0 Å². The first kappa shape index (κ1) is 14.7. The lowest BCUT2D eigenvalue weighted by atomic mass is 9.94. The standard InChI is InChI=1S/C13H18ClN3O3/c1-7-6-17(13(19)20)4-3-10(7)16-12(18)11-5-9(14)8(2)15-11/h5,7,10,15H,3-4,6H2,1-2H3,(H,16,18)(H,19,20)/t7-,10+/m0/s1. The van der Waals surface area contributed by atoms with Crippen molar-refractivity contribution in [1.82, 2.24) is 15.2 Å². The Morgan fingerprint density at radius 1 is 1.55 bits per heavy atom. The lowest BCUT2D eigenvalue weighted by Gasteiger charge is -2.35. The zero-order chi connectivity index (χ0) is 14.9. The van der Waals surface area contributed by atoms with E-state index in [1.54, 1.807) is 13.0 Å². The van der Waals surface area contributed by atoms with Crippen LogP contribution in [0.1, 0.15) is 29.5 Å². The zero-order valence-electron chi connectivity index (χ0n) is 11.4. The number of nitrogens with zero attached hydrogens (tertiary/aromatic N) is 1. The average Bonchev–Trinajstić information content (AvgIpc) is 2.72. The van der Waals surface area contributed by atoms with Crippen LogP contribution in [0.5, 0.6) is 0 Å². The van der Waals surface area contributed by atoms with Crippen molar-refractivity contribution >= 4 is 23.6 Å². The predicted molar refractivity (Wildman–Crippen MR) is 75.2 cm³/mol. The van der Waals surface area contributed by atoms with Crippen LogP contribution in [0.3, 0.4) is 0 Å². The van der Waals surface area contributed by atoms with E-state index in [1.807, 2.05) is 6.92 Å². The van der Waals surface area contributed by atoms with E-state index in [0.29, 0.717) is 30.2 Å². The Bertz CT molecular complexity index is 509. The highest BCUT2D eigenvalue weighted by molar-refractivity contribution is 6.31. The van der Waals surface area contributed by atoms with Crippen molar-refractivity contribution < 1.29 is 14.7 Å².